The molecule has 0 atom stereocenters. The van der Waals surface area contributed by atoms with Gasteiger partial charge in [-0.15, -0.1) is 11.3 Å². The van der Waals surface area contributed by atoms with Crippen molar-refractivity contribution < 1.29 is 4.79 Å². The van der Waals surface area contributed by atoms with Crippen LogP contribution in [0.2, 0.25) is 0 Å². The summed E-state index contributed by atoms with van der Waals surface area (Å²) in [5.74, 6) is 0.169. The second-order valence-corrected chi connectivity index (χ2v) is 6.72. The molecule has 1 aliphatic rings. The molecule has 1 fully saturated rings. The zero-order valence-electron chi connectivity index (χ0n) is 13.4. The number of carbonyl (C=O) groups excluding carboxylic acids is 1. The van der Waals surface area contributed by atoms with Gasteiger partial charge in [0.25, 0.3) is 0 Å². The highest BCUT2D eigenvalue weighted by atomic mass is 32.1. The number of benzene rings is 1. The third kappa shape index (κ3) is 3.77. The van der Waals surface area contributed by atoms with Gasteiger partial charge in [0, 0.05) is 43.7 Å². The van der Waals surface area contributed by atoms with Gasteiger partial charge in [0.15, 0.2) is 0 Å². The molecular weight excluding hydrogens is 308 g/mol. The first-order valence-corrected chi connectivity index (χ1v) is 8.74. The number of likely N-dealkylation sites (N-methyl/N-ethyl adjacent to an activating group) is 1. The maximum Gasteiger partial charge on any atom is 0.228 e. The Hall–Kier alpha value is -1.76. The fraction of sp³-hybridized carbons (Fsp3) is 0.412. The van der Waals surface area contributed by atoms with Gasteiger partial charge in [0.1, 0.15) is 5.01 Å². The molecule has 6 heteroatoms. The predicted octanol–water partition coefficient (Wildman–Crippen LogP) is 1.59. The molecule has 122 valence electrons. The van der Waals surface area contributed by atoms with E-state index in [0.717, 1.165) is 48.0 Å². The van der Waals surface area contributed by atoms with Crippen molar-refractivity contribution in [2.75, 3.05) is 33.2 Å². The van der Waals surface area contributed by atoms with Gasteiger partial charge in [0.2, 0.25) is 5.91 Å². The fourth-order valence-corrected chi connectivity index (χ4v) is 3.62. The first-order chi connectivity index (χ1) is 11.2. The molecule has 5 nitrogen and oxygen atoms in total. The van der Waals surface area contributed by atoms with Crippen molar-refractivity contribution in [3.05, 3.63) is 40.9 Å². The molecule has 0 aliphatic carbocycles. The minimum Gasteiger partial charge on any atom is -0.340 e. The number of hydrogen-bond donors (Lipinski definition) is 1. The Morgan fingerprint density at radius 1 is 1.26 bits per heavy atom. The van der Waals surface area contributed by atoms with Gasteiger partial charge >= 0.3 is 0 Å². The van der Waals surface area contributed by atoms with E-state index in [2.05, 4.69) is 16.9 Å². The first-order valence-electron chi connectivity index (χ1n) is 7.86. The van der Waals surface area contributed by atoms with Crippen LogP contribution in [0.4, 0.5) is 0 Å². The third-order valence-electron chi connectivity index (χ3n) is 4.21. The van der Waals surface area contributed by atoms with Crippen molar-refractivity contribution in [2.24, 2.45) is 5.73 Å². The number of hydrogen-bond acceptors (Lipinski definition) is 5. The summed E-state index contributed by atoms with van der Waals surface area (Å²) in [6.07, 6.45) is 0.380. The highest BCUT2D eigenvalue weighted by molar-refractivity contribution is 7.13. The average molecular weight is 330 g/mol. The molecule has 2 N–H and O–H groups in total. The lowest BCUT2D eigenvalue weighted by atomic mass is 10.1. The highest BCUT2D eigenvalue weighted by Gasteiger charge is 2.20. The van der Waals surface area contributed by atoms with Gasteiger partial charge < -0.3 is 15.5 Å². The van der Waals surface area contributed by atoms with Crippen LogP contribution in [0.5, 0.6) is 0 Å². The van der Waals surface area contributed by atoms with Crippen LogP contribution in [-0.2, 0) is 17.8 Å². The number of rotatable bonds is 4. The van der Waals surface area contributed by atoms with Gasteiger partial charge in [-0.25, -0.2) is 4.98 Å². The van der Waals surface area contributed by atoms with Crippen molar-refractivity contribution in [2.45, 2.75) is 13.0 Å². The molecule has 0 spiro atoms. The van der Waals surface area contributed by atoms with Gasteiger partial charge in [-0.05, 0) is 12.6 Å². The van der Waals surface area contributed by atoms with Crippen LogP contribution in [0.3, 0.4) is 0 Å². The molecule has 1 aliphatic heterocycles. The van der Waals surface area contributed by atoms with Crippen LogP contribution in [0, 0.1) is 0 Å². The Bertz CT molecular complexity index is 677. The topological polar surface area (TPSA) is 62.5 Å². The van der Waals surface area contributed by atoms with E-state index in [1.807, 2.05) is 34.5 Å². The van der Waals surface area contributed by atoms with E-state index in [9.17, 15) is 4.79 Å². The zero-order chi connectivity index (χ0) is 16.2. The largest absolute Gasteiger partial charge is 0.340 e. The normalized spacial score (nSPS) is 15.8. The second-order valence-electron chi connectivity index (χ2n) is 5.87. The van der Waals surface area contributed by atoms with E-state index in [1.165, 1.54) is 0 Å². The van der Waals surface area contributed by atoms with Crippen LogP contribution in [-0.4, -0.2) is 53.9 Å². The number of nitrogens with two attached hydrogens (primary N) is 1. The Morgan fingerprint density at radius 2 is 2.00 bits per heavy atom. The molecule has 1 aromatic carbocycles. The predicted molar refractivity (Wildman–Crippen MR) is 93.2 cm³/mol. The van der Waals surface area contributed by atoms with Gasteiger partial charge in [-0.2, -0.15) is 0 Å². The van der Waals surface area contributed by atoms with E-state index in [0.29, 0.717) is 13.0 Å². The molecular formula is C17H22N4OS. The minimum absolute atomic E-state index is 0.169. The molecule has 0 bridgehead atoms. The summed E-state index contributed by atoms with van der Waals surface area (Å²) in [6, 6.07) is 8.03. The minimum atomic E-state index is 0.169. The summed E-state index contributed by atoms with van der Waals surface area (Å²) in [6.45, 7) is 3.99. The molecule has 1 saturated heterocycles. The number of aromatic nitrogens is 1. The summed E-state index contributed by atoms with van der Waals surface area (Å²) in [7, 11) is 2.09. The number of nitrogens with zero attached hydrogens (tertiary/aromatic N) is 3. The van der Waals surface area contributed by atoms with E-state index >= 15 is 0 Å². The Kier molecular flexibility index (Phi) is 5.05. The van der Waals surface area contributed by atoms with Crippen LogP contribution in [0.1, 0.15) is 11.3 Å². The molecule has 0 unspecified atom stereocenters. The molecule has 1 amide bonds. The summed E-state index contributed by atoms with van der Waals surface area (Å²) >= 11 is 1.58. The summed E-state index contributed by atoms with van der Waals surface area (Å²) < 4.78 is 0. The molecule has 1 aromatic heterocycles. The number of piperazine rings is 1. The Morgan fingerprint density at radius 3 is 2.74 bits per heavy atom. The molecule has 0 radical (unpaired) electrons. The maximum absolute atomic E-state index is 12.4. The lowest BCUT2D eigenvalue weighted by Gasteiger charge is -2.32. The lowest BCUT2D eigenvalue weighted by Crippen LogP contribution is -2.47. The number of thiazole rings is 1. The standard InChI is InChI=1S/C17H22N4OS/c1-20-6-8-21(9-7-20)16(22)10-14-12-23-17(19-14)15-5-3-2-4-13(15)11-18/h2-5,12H,6-11,18H2,1H3. The van der Waals surface area contributed by atoms with Gasteiger partial charge in [-0.1, -0.05) is 24.3 Å². The van der Waals surface area contributed by atoms with Crippen molar-refractivity contribution in [1.29, 1.82) is 0 Å². The SMILES string of the molecule is CN1CCN(C(=O)Cc2csc(-c3ccccc3CN)n2)CC1. The van der Waals surface area contributed by atoms with Crippen molar-refractivity contribution in [3.8, 4) is 10.6 Å². The van der Waals surface area contributed by atoms with Crippen LogP contribution in [0.25, 0.3) is 10.6 Å². The molecule has 3 rings (SSSR count). The van der Waals surface area contributed by atoms with Crippen LogP contribution in [0.15, 0.2) is 29.6 Å². The van der Waals surface area contributed by atoms with Crippen molar-refractivity contribution in [1.82, 2.24) is 14.8 Å². The molecule has 2 aromatic rings. The second kappa shape index (κ2) is 7.21. The van der Waals surface area contributed by atoms with E-state index < -0.39 is 0 Å². The lowest BCUT2D eigenvalue weighted by molar-refractivity contribution is -0.132. The first kappa shape index (κ1) is 16.1. The van der Waals surface area contributed by atoms with Crippen LogP contribution < -0.4 is 5.73 Å². The number of amides is 1. The average Bonchev–Trinajstić information content (AvgIpc) is 3.03. The Labute approximate surface area is 140 Å². The van der Waals surface area contributed by atoms with E-state index in [4.69, 9.17) is 5.73 Å². The molecule has 2 heterocycles. The Balaban J connectivity index is 1.69. The summed E-state index contributed by atoms with van der Waals surface area (Å²) in [4.78, 5) is 21.2. The zero-order valence-corrected chi connectivity index (χ0v) is 14.2. The number of carbonyl (C=O) groups is 1. The van der Waals surface area contributed by atoms with Crippen molar-refractivity contribution >= 4 is 17.2 Å². The maximum atomic E-state index is 12.4. The molecule has 23 heavy (non-hydrogen) atoms. The summed E-state index contributed by atoms with van der Waals surface area (Å²) in [5.41, 5.74) is 8.79. The fourth-order valence-electron chi connectivity index (χ4n) is 2.74. The van der Waals surface area contributed by atoms with Gasteiger partial charge in [0.05, 0.1) is 12.1 Å². The highest BCUT2D eigenvalue weighted by Crippen LogP contribution is 2.27. The van der Waals surface area contributed by atoms with Crippen LogP contribution >= 0.6 is 11.3 Å². The quantitative estimate of drug-likeness (QED) is 0.925. The van der Waals surface area contributed by atoms with Gasteiger partial charge in [-0.3, -0.25) is 4.79 Å². The van der Waals surface area contributed by atoms with E-state index in [-0.39, 0.29) is 5.91 Å². The monoisotopic (exact) mass is 330 g/mol. The molecule has 0 saturated carbocycles. The third-order valence-corrected chi connectivity index (χ3v) is 5.13. The summed E-state index contributed by atoms with van der Waals surface area (Å²) in [5, 5.41) is 2.92. The van der Waals surface area contributed by atoms with Crippen molar-refractivity contribution in [3.63, 3.8) is 0 Å². The van der Waals surface area contributed by atoms with E-state index in [1.54, 1.807) is 11.3 Å². The smallest absolute Gasteiger partial charge is 0.228 e.